The molecule has 0 aliphatic heterocycles. The Bertz CT molecular complexity index is 355. The molecular formula is C11H13NO. The molecule has 3 N–H and O–H groups in total. The van der Waals surface area contributed by atoms with E-state index in [4.69, 9.17) is 5.73 Å². The SMILES string of the molecule is NCC1=CCCc2c(O)cccc21. The predicted octanol–water partition coefficient (Wildman–Crippen LogP) is 1.68. The van der Waals surface area contributed by atoms with Gasteiger partial charge in [-0.15, -0.1) is 0 Å². The zero-order valence-corrected chi connectivity index (χ0v) is 7.46. The van der Waals surface area contributed by atoms with Crippen LogP contribution in [0.2, 0.25) is 0 Å². The highest BCUT2D eigenvalue weighted by molar-refractivity contribution is 5.72. The summed E-state index contributed by atoms with van der Waals surface area (Å²) in [4.78, 5) is 0. The molecule has 68 valence electrons. The molecule has 0 saturated carbocycles. The smallest absolute Gasteiger partial charge is 0.119 e. The van der Waals surface area contributed by atoms with E-state index in [1.807, 2.05) is 12.1 Å². The lowest BCUT2D eigenvalue weighted by Gasteiger charge is -2.17. The summed E-state index contributed by atoms with van der Waals surface area (Å²) in [5.74, 6) is 0.400. The Kier molecular flexibility index (Phi) is 2.07. The van der Waals surface area contributed by atoms with Crippen LogP contribution in [0.25, 0.3) is 5.57 Å². The van der Waals surface area contributed by atoms with Crippen LogP contribution in [0.4, 0.5) is 0 Å². The lowest BCUT2D eigenvalue weighted by Crippen LogP contribution is -2.08. The molecule has 1 aromatic carbocycles. The second kappa shape index (κ2) is 3.23. The molecule has 1 aliphatic rings. The van der Waals surface area contributed by atoms with Gasteiger partial charge in [-0.3, -0.25) is 0 Å². The van der Waals surface area contributed by atoms with E-state index in [-0.39, 0.29) is 0 Å². The van der Waals surface area contributed by atoms with E-state index >= 15 is 0 Å². The van der Waals surface area contributed by atoms with Crippen molar-refractivity contribution in [2.45, 2.75) is 12.8 Å². The largest absolute Gasteiger partial charge is 0.508 e. The molecule has 2 rings (SSSR count). The average Bonchev–Trinajstić information content (AvgIpc) is 2.18. The summed E-state index contributed by atoms with van der Waals surface area (Å²) < 4.78 is 0. The molecule has 0 bridgehead atoms. The maximum absolute atomic E-state index is 9.60. The molecule has 1 aromatic rings. The lowest BCUT2D eigenvalue weighted by atomic mass is 9.90. The van der Waals surface area contributed by atoms with Gasteiger partial charge in [0.05, 0.1) is 0 Å². The summed E-state index contributed by atoms with van der Waals surface area (Å²) in [5.41, 5.74) is 8.93. The first-order chi connectivity index (χ1) is 6.33. The molecule has 0 saturated heterocycles. The lowest BCUT2D eigenvalue weighted by molar-refractivity contribution is 0.467. The second-order valence-electron chi connectivity index (χ2n) is 3.28. The zero-order valence-electron chi connectivity index (χ0n) is 7.46. The van der Waals surface area contributed by atoms with E-state index in [2.05, 4.69) is 6.08 Å². The number of aromatic hydroxyl groups is 1. The van der Waals surface area contributed by atoms with Gasteiger partial charge in [-0.2, -0.15) is 0 Å². The van der Waals surface area contributed by atoms with Crippen molar-refractivity contribution in [1.29, 1.82) is 0 Å². The van der Waals surface area contributed by atoms with Crippen molar-refractivity contribution in [3.63, 3.8) is 0 Å². The Balaban J connectivity index is 2.55. The van der Waals surface area contributed by atoms with Gasteiger partial charge in [-0.1, -0.05) is 18.2 Å². The molecule has 0 radical (unpaired) electrons. The Morgan fingerprint density at radius 2 is 2.23 bits per heavy atom. The van der Waals surface area contributed by atoms with Gasteiger partial charge >= 0.3 is 0 Å². The predicted molar refractivity (Wildman–Crippen MR) is 53.5 cm³/mol. The standard InChI is InChI=1S/C11H13NO/c12-7-8-3-1-5-10-9(8)4-2-6-11(10)13/h2-4,6,13H,1,5,7,12H2. The van der Waals surface area contributed by atoms with Crippen LogP contribution in [-0.4, -0.2) is 11.7 Å². The first-order valence-electron chi connectivity index (χ1n) is 4.53. The summed E-state index contributed by atoms with van der Waals surface area (Å²) in [6.45, 7) is 0.552. The Labute approximate surface area is 77.7 Å². The Morgan fingerprint density at radius 1 is 1.38 bits per heavy atom. The van der Waals surface area contributed by atoms with Crippen LogP contribution in [0.3, 0.4) is 0 Å². The van der Waals surface area contributed by atoms with Gasteiger partial charge in [0.2, 0.25) is 0 Å². The molecular weight excluding hydrogens is 162 g/mol. The van der Waals surface area contributed by atoms with Crippen LogP contribution in [0, 0.1) is 0 Å². The summed E-state index contributed by atoms with van der Waals surface area (Å²) in [6, 6.07) is 5.62. The van der Waals surface area contributed by atoms with Crippen molar-refractivity contribution in [3.05, 3.63) is 35.4 Å². The monoisotopic (exact) mass is 175 g/mol. The topological polar surface area (TPSA) is 46.2 Å². The minimum Gasteiger partial charge on any atom is -0.508 e. The number of hydrogen-bond acceptors (Lipinski definition) is 2. The third-order valence-corrected chi connectivity index (χ3v) is 2.50. The van der Waals surface area contributed by atoms with Crippen molar-refractivity contribution >= 4 is 5.57 Å². The highest BCUT2D eigenvalue weighted by Gasteiger charge is 2.13. The fourth-order valence-electron chi connectivity index (χ4n) is 1.83. The molecule has 0 amide bonds. The van der Waals surface area contributed by atoms with Crippen LogP contribution in [0.1, 0.15) is 17.5 Å². The number of fused-ring (bicyclic) bond motifs is 1. The van der Waals surface area contributed by atoms with E-state index in [0.717, 1.165) is 29.5 Å². The molecule has 2 heteroatoms. The molecule has 2 nitrogen and oxygen atoms in total. The number of phenolic OH excluding ortho intramolecular Hbond substituents is 1. The first-order valence-corrected chi connectivity index (χ1v) is 4.53. The number of phenols is 1. The summed E-state index contributed by atoms with van der Waals surface area (Å²) in [5, 5.41) is 9.60. The third kappa shape index (κ3) is 1.33. The van der Waals surface area contributed by atoms with Gasteiger partial charge in [0.15, 0.2) is 0 Å². The van der Waals surface area contributed by atoms with Crippen LogP contribution in [0.15, 0.2) is 24.3 Å². The van der Waals surface area contributed by atoms with Crippen LogP contribution in [0.5, 0.6) is 5.75 Å². The summed E-state index contributed by atoms with van der Waals surface area (Å²) in [6.07, 6.45) is 4.06. The van der Waals surface area contributed by atoms with Gasteiger partial charge < -0.3 is 10.8 Å². The van der Waals surface area contributed by atoms with Crippen molar-refractivity contribution in [2.24, 2.45) is 5.73 Å². The average molecular weight is 175 g/mol. The first kappa shape index (κ1) is 8.32. The molecule has 0 fully saturated rings. The van der Waals surface area contributed by atoms with E-state index in [0.29, 0.717) is 12.3 Å². The Hall–Kier alpha value is -1.28. The molecule has 0 unspecified atom stereocenters. The van der Waals surface area contributed by atoms with Gasteiger partial charge in [-0.05, 0) is 30.0 Å². The molecule has 0 heterocycles. The quantitative estimate of drug-likeness (QED) is 0.682. The number of nitrogens with two attached hydrogens (primary N) is 1. The van der Waals surface area contributed by atoms with Crippen molar-refractivity contribution in [2.75, 3.05) is 6.54 Å². The van der Waals surface area contributed by atoms with Crippen LogP contribution in [-0.2, 0) is 6.42 Å². The number of hydrogen-bond donors (Lipinski definition) is 2. The maximum Gasteiger partial charge on any atom is 0.119 e. The highest BCUT2D eigenvalue weighted by atomic mass is 16.3. The highest BCUT2D eigenvalue weighted by Crippen LogP contribution is 2.31. The fourth-order valence-corrected chi connectivity index (χ4v) is 1.83. The van der Waals surface area contributed by atoms with Crippen LogP contribution < -0.4 is 5.73 Å². The van der Waals surface area contributed by atoms with E-state index in [9.17, 15) is 5.11 Å². The number of rotatable bonds is 1. The molecule has 0 aromatic heterocycles. The normalized spacial score (nSPS) is 15.0. The second-order valence-corrected chi connectivity index (χ2v) is 3.28. The summed E-state index contributed by atoms with van der Waals surface area (Å²) >= 11 is 0. The Morgan fingerprint density at radius 3 is 3.00 bits per heavy atom. The molecule has 13 heavy (non-hydrogen) atoms. The minimum absolute atomic E-state index is 0.400. The molecule has 0 spiro atoms. The zero-order chi connectivity index (χ0) is 9.26. The van der Waals surface area contributed by atoms with Crippen molar-refractivity contribution in [3.8, 4) is 5.75 Å². The minimum atomic E-state index is 0.400. The van der Waals surface area contributed by atoms with E-state index in [1.165, 1.54) is 0 Å². The maximum atomic E-state index is 9.60. The van der Waals surface area contributed by atoms with Gasteiger partial charge in [0.25, 0.3) is 0 Å². The molecule has 0 atom stereocenters. The van der Waals surface area contributed by atoms with E-state index < -0.39 is 0 Å². The number of allylic oxidation sites excluding steroid dienone is 1. The van der Waals surface area contributed by atoms with Gasteiger partial charge in [0, 0.05) is 12.1 Å². The van der Waals surface area contributed by atoms with Crippen LogP contribution >= 0.6 is 0 Å². The fraction of sp³-hybridized carbons (Fsp3) is 0.273. The van der Waals surface area contributed by atoms with Crippen molar-refractivity contribution in [1.82, 2.24) is 0 Å². The van der Waals surface area contributed by atoms with Gasteiger partial charge in [-0.25, -0.2) is 0 Å². The molecule has 1 aliphatic carbocycles. The van der Waals surface area contributed by atoms with Crippen molar-refractivity contribution < 1.29 is 5.11 Å². The third-order valence-electron chi connectivity index (χ3n) is 2.50. The van der Waals surface area contributed by atoms with Gasteiger partial charge in [0.1, 0.15) is 5.75 Å². The van der Waals surface area contributed by atoms with E-state index in [1.54, 1.807) is 6.07 Å². The summed E-state index contributed by atoms with van der Waals surface area (Å²) in [7, 11) is 0. The number of benzene rings is 1.